The number of rotatable bonds is 9. The van der Waals surface area contributed by atoms with Gasteiger partial charge in [-0.25, -0.2) is 4.79 Å². The maximum Gasteiger partial charge on any atom is 0.416 e. The van der Waals surface area contributed by atoms with Crippen LogP contribution < -0.4 is 10.6 Å². The van der Waals surface area contributed by atoms with Gasteiger partial charge in [-0.3, -0.25) is 19.9 Å². The Morgan fingerprint density at radius 2 is 1.71 bits per heavy atom. The second-order valence-electron chi connectivity index (χ2n) is 11.7. The number of ketones is 1. The second-order valence-corrected chi connectivity index (χ2v) is 11.7. The summed E-state index contributed by atoms with van der Waals surface area (Å²) in [6, 6.07) is 12.1. The third-order valence-electron chi connectivity index (χ3n) is 6.79. The Balaban J connectivity index is 1.47. The first kappa shape index (κ1) is 33.6. The molecule has 2 aromatic carbocycles. The molecule has 2 amide bonds. The van der Waals surface area contributed by atoms with Crippen LogP contribution in [0.1, 0.15) is 73.6 Å². The molecule has 0 radical (unpaired) electrons. The second kappa shape index (κ2) is 14.2. The lowest BCUT2D eigenvalue weighted by atomic mass is 10.00. The number of aromatic nitrogens is 1. The number of anilines is 2. The number of nitrogens with one attached hydrogen (secondary N) is 2. The summed E-state index contributed by atoms with van der Waals surface area (Å²) >= 11 is 0. The standard InChI is InChI=1S/C33H36F3N3O6/c1-20-14-26(39-31(42)45-32(2,3)4)27(17-25(20)33(34,35)36)38-29(41)18-28(40)23-9-7-8-21(15-23)22-11-12-37-24(16-22)19-44-30-10-5-6-13-43-30/h7-9,11-12,14-17,30H,5-6,10,13,18-19H2,1-4H3,(H,38,41)(H,39,42). The predicted octanol–water partition coefficient (Wildman–Crippen LogP) is 7.68. The van der Waals surface area contributed by atoms with Crippen LogP contribution in [0.25, 0.3) is 11.1 Å². The molecule has 0 saturated carbocycles. The van der Waals surface area contributed by atoms with E-state index in [-0.39, 0.29) is 35.4 Å². The van der Waals surface area contributed by atoms with Gasteiger partial charge in [-0.05, 0) is 94.0 Å². The van der Waals surface area contributed by atoms with Crippen molar-refractivity contribution in [2.45, 2.75) is 78.1 Å². The van der Waals surface area contributed by atoms with Crippen molar-refractivity contribution >= 4 is 29.2 Å². The van der Waals surface area contributed by atoms with Crippen LogP contribution in [0.3, 0.4) is 0 Å². The van der Waals surface area contributed by atoms with Gasteiger partial charge in [0.15, 0.2) is 12.1 Å². The molecule has 12 heteroatoms. The first-order valence-electron chi connectivity index (χ1n) is 14.5. The van der Waals surface area contributed by atoms with E-state index in [0.717, 1.165) is 37.0 Å². The minimum atomic E-state index is -4.72. The van der Waals surface area contributed by atoms with Gasteiger partial charge in [-0.2, -0.15) is 13.2 Å². The van der Waals surface area contributed by atoms with E-state index < -0.39 is 41.5 Å². The van der Waals surface area contributed by atoms with Crippen molar-refractivity contribution in [3.8, 4) is 11.1 Å². The number of hydrogen-bond acceptors (Lipinski definition) is 7. The Bertz CT molecular complexity index is 1550. The van der Waals surface area contributed by atoms with E-state index in [1.165, 1.54) is 6.92 Å². The summed E-state index contributed by atoms with van der Waals surface area (Å²) < 4.78 is 57.6. The number of ether oxygens (including phenoxy) is 3. The molecule has 45 heavy (non-hydrogen) atoms. The predicted molar refractivity (Wildman–Crippen MR) is 162 cm³/mol. The maximum atomic E-state index is 13.7. The van der Waals surface area contributed by atoms with Gasteiger partial charge in [0.1, 0.15) is 5.60 Å². The van der Waals surface area contributed by atoms with Crippen molar-refractivity contribution in [2.24, 2.45) is 0 Å². The molecule has 0 aliphatic carbocycles. The minimum absolute atomic E-state index is 0.106. The van der Waals surface area contributed by atoms with Crippen molar-refractivity contribution in [2.75, 3.05) is 17.2 Å². The van der Waals surface area contributed by atoms with Crippen LogP contribution >= 0.6 is 0 Å². The van der Waals surface area contributed by atoms with Gasteiger partial charge in [0.05, 0.1) is 35.7 Å². The lowest BCUT2D eigenvalue weighted by molar-refractivity contribution is -0.169. The normalized spacial score (nSPS) is 15.3. The molecule has 0 spiro atoms. The van der Waals surface area contributed by atoms with Gasteiger partial charge in [0.2, 0.25) is 5.91 Å². The number of nitrogens with zero attached hydrogens (tertiary/aromatic N) is 1. The van der Waals surface area contributed by atoms with Crippen molar-refractivity contribution in [1.82, 2.24) is 4.98 Å². The Labute approximate surface area is 259 Å². The van der Waals surface area contributed by atoms with Gasteiger partial charge in [-0.15, -0.1) is 0 Å². The summed E-state index contributed by atoms with van der Waals surface area (Å²) in [5.41, 5.74) is -0.0661. The number of alkyl halides is 3. The van der Waals surface area contributed by atoms with Crippen LogP contribution in [0.5, 0.6) is 0 Å². The largest absolute Gasteiger partial charge is 0.444 e. The van der Waals surface area contributed by atoms with E-state index in [1.807, 2.05) is 6.07 Å². The molecule has 9 nitrogen and oxygen atoms in total. The number of aryl methyl sites for hydroxylation is 1. The fourth-order valence-corrected chi connectivity index (χ4v) is 4.71. The number of Topliss-reactive ketones (excluding diaryl/α,β-unsaturated/α-hetero) is 1. The average Bonchev–Trinajstić information content (AvgIpc) is 2.96. The summed E-state index contributed by atoms with van der Waals surface area (Å²) in [4.78, 5) is 42.7. The van der Waals surface area contributed by atoms with E-state index in [0.29, 0.717) is 17.9 Å². The molecule has 3 aromatic rings. The number of carbonyl (C=O) groups is 3. The van der Waals surface area contributed by atoms with Crippen LogP contribution in [0, 0.1) is 6.92 Å². The highest BCUT2D eigenvalue weighted by molar-refractivity contribution is 6.12. The Morgan fingerprint density at radius 3 is 2.40 bits per heavy atom. The maximum absolute atomic E-state index is 13.7. The SMILES string of the molecule is Cc1cc(NC(=O)OC(C)(C)C)c(NC(=O)CC(=O)c2cccc(-c3ccnc(COC4CCCCO4)c3)c2)cc1C(F)(F)F. The fraction of sp³-hybridized carbons (Fsp3) is 0.394. The van der Waals surface area contributed by atoms with Crippen LogP contribution in [0.2, 0.25) is 0 Å². The van der Waals surface area contributed by atoms with Crippen molar-refractivity contribution in [3.05, 3.63) is 77.1 Å². The van der Waals surface area contributed by atoms with E-state index >= 15 is 0 Å². The monoisotopic (exact) mass is 627 g/mol. The number of amides is 2. The number of benzene rings is 2. The molecule has 2 heterocycles. The van der Waals surface area contributed by atoms with Gasteiger partial charge >= 0.3 is 12.3 Å². The molecule has 1 unspecified atom stereocenters. The summed E-state index contributed by atoms with van der Waals surface area (Å²) in [5.74, 6) is -1.41. The first-order valence-corrected chi connectivity index (χ1v) is 14.5. The molecular weight excluding hydrogens is 591 g/mol. The highest BCUT2D eigenvalue weighted by Crippen LogP contribution is 2.37. The van der Waals surface area contributed by atoms with E-state index in [9.17, 15) is 27.6 Å². The van der Waals surface area contributed by atoms with E-state index in [2.05, 4.69) is 15.6 Å². The summed E-state index contributed by atoms with van der Waals surface area (Å²) in [5, 5.41) is 4.74. The minimum Gasteiger partial charge on any atom is -0.444 e. The molecule has 1 saturated heterocycles. The first-order chi connectivity index (χ1) is 21.2. The Morgan fingerprint density at radius 1 is 0.978 bits per heavy atom. The number of halogens is 3. The van der Waals surface area contributed by atoms with Crippen molar-refractivity contribution in [1.29, 1.82) is 0 Å². The molecule has 1 aliphatic rings. The molecule has 4 rings (SSSR count). The highest BCUT2D eigenvalue weighted by Gasteiger charge is 2.34. The van der Waals surface area contributed by atoms with E-state index in [1.54, 1.807) is 57.3 Å². The molecule has 1 aliphatic heterocycles. The van der Waals surface area contributed by atoms with Gasteiger partial charge in [-0.1, -0.05) is 18.2 Å². The van der Waals surface area contributed by atoms with E-state index in [4.69, 9.17) is 14.2 Å². The van der Waals surface area contributed by atoms with Crippen molar-refractivity contribution in [3.63, 3.8) is 0 Å². The van der Waals surface area contributed by atoms with Crippen LogP contribution in [0.15, 0.2) is 54.7 Å². The molecule has 2 N–H and O–H groups in total. The summed E-state index contributed by atoms with van der Waals surface area (Å²) in [6.07, 6.45) is -2.03. The zero-order valence-corrected chi connectivity index (χ0v) is 25.5. The average molecular weight is 628 g/mol. The third-order valence-corrected chi connectivity index (χ3v) is 6.79. The number of hydrogen-bond donors (Lipinski definition) is 2. The zero-order valence-electron chi connectivity index (χ0n) is 25.5. The van der Waals surface area contributed by atoms with Gasteiger partial charge in [0.25, 0.3) is 0 Å². The third kappa shape index (κ3) is 9.85. The fourth-order valence-electron chi connectivity index (χ4n) is 4.71. The molecule has 0 bridgehead atoms. The lowest BCUT2D eigenvalue weighted by Gasteiger charge is -2.22. The smallest absolute Gasteiger partial charge is 0.416 e. The zero-order chi connectivity index (χ0) is 32.8. The number of pyridine rings is 1. The number of carbonyl (C=O) groups excluding carboxylic acids is 3. The van der Waals surface area contributed by atoms with Crippen molar-refractivity contribution < 1.29 is 41.8 Å². The molecule has 240 valence electrons. The van der Waals surface area contributed by atoms with Gasteiger partial charge < -0.3 is 19.5 Å². The van der Waals surface area contributed by atoms with Crippen LogP contribution in [0.4, 0.5) is 29.3 Å². The highest BCUT2D eigenvalue weighted by atomic mass is 19.4. The van der Waals surface area contributed by atoms with Crippen LogP contribution in [-0.2, 0) is 31.8 Å². The lowest BCUT2D eigenvalue weighted by Crippen LogP contribution is -2.28. The molecule has 1 atom stereocenters. The molecule has 1 aromatic heterocycles. The summed E-state index contributed by atoms with van der Waals surface area (Å²) in [7, 11) is 0. The van der Waals surface area contributed by atoms with Gasteiger partial charge in [0, 0.05) is 18.4 Å². The Kier molecular flexibility index (Phi) is 10.6. The topological polar surface area (TPSA) is 116 Å². The summed E-state index contributed by atoms with van der Waals surface area (Å²) in [6.45, 7) is 7.05. The Hall–Kier alpha value is -4.29. The molecular formula is C33H36F3N3O6. The van der Waals surface area contributed by atoms with Crippen LogP contribution in [-0.4, -0.2) is 41.3 Å². The molecule has 1 fully saturated rings. The quantitative estimate of drug-likeness (QED) is 0.185.